The summed E-state index contributed by atoms with van der Waals surface area (Å²) in [5, 5.41) is 8.23. The second-order valence-corrected chi connectivity index (χ2v) is 19.8. The van der Waals surface area contributed by atoms with Crippen molar-refractivity contribution in [3.8, 4) is 61.8 Å². The number of benzene rings is 9. The number of hydrogen-bond donors (Lipinski definition) is 0. The maximum atomic E-state index is 5.15. The van der Waals surface area contributed by atoms with Gasteiger partial charge in [-0.15, -0.1) is 0 Å². The predicted molar refractivity (Wildman–Crippen MR) is 261 cm³/mol. The van der Waals surface area contributed by atoms with Crippen molar-refractivity contribution >= 4 is 50.6 Å². The van der Waals surface area contributed by atoms with Gasteiger partial charge in [0.05, 0.1) is 22.4 Å². The Labute approximate surface area is 361 Å². The molecule has 1 aliphatic rings. The molecule has 2 aromatic heterocycles. The van der Waals surface area contributed by atoms with Gasteiger partial charge in [0.1, 0.15) is 0 Å². The van der Waals surface area contributed by atoms with Crippen molar-refractivity contribution in [3.63, 3.8) is 0 Å². The number of nitrogens with zero attached hydrogens (tertiary/aromatic N) is 3. The summed E-state index contributed by atoms with van der Waals surface area (Å²) in [5.74, 6) is 0.704. The van der Waals surface area contributed by atoms with E-state index in [-0.39, 0.29) is 0 Å². The Bertz CT molecular complexity index is 3330. The minimum atomic E-state index is -2.52. The van der Waals surface area contributed by atoms with Crippen molar-refractivity contribution in [3.05, 3.63) is 237 Å². The Balaban J connectivity index is 0.902. The summed E-state index contributed by atoms with van der Waals surface area (Å²) in [4.78, 5) is 10.3. The molecule has 0 atom stereocenters. The summed E-state index contributed by atoms with van der Waals surface area (Å²) >= 11 is 0. The van der Waals surface area contributed by atoms with E-state index < -0.39 is 8.07 Å². The van der Waals surface area contributed by atoms with Crippen molar-refractivity contribution in [1.82, 2.24) is 14.5 Å². The van der Waals surface area contributed by atoms with E-state index in [1.165, 1.54) is 64.8 Å². The SMILES string of the molecule is c1ccc(-c2nc(-c3ccc(-c4ccc([Si]5(c6ccccc6)c6ccccc6-c6ccccc65)cc4)cc3)cc(-c3ccc(-n4c5ccccc5c5ccccc54)cc3)n2)cc1. The van der Waals surface area contributed by atoms with Gasteiger partial charge in [-0.05, 0) is 73.3 Å². The molecule has 0 amide bonds. The van der Waals surface area contributed by atoms with E-state index in [9.17, 15) is 0 Å². The lowest BCUT2D eigenvalue weighted by Gasteiger charge is -2.31. The molecule has 0 fully saturated rings. The molecular weight excluding hydrogens is 767 g/mol. The first-order valence-electron chi connectivity index (χ1n) is 21.2. The lowest BCUT2D eigenvalue weighted by Crippen LogP contribution is -2.72. The van der Waals surface area contributed by atoms with Gasteiger partial charge >= 0.3 is 0 Å². The molecule has 0 N–H and O–H groups in total. The molecule has 4 heteroatoms. The molecule has 62 heavy (non-hydrogen) atoms. The lowest BCUT2D eigenvalue weighted by atomic mass is 10.0. The van der Waals surface area contributed by atoms with Crippen LogP contribution < -0.4 is 20.7 Å². The first kappa shape index (κ1) is 36.0. The molecule has 9 aromatic carbocycles. The van der Waals surface area contributed by atoms with Crippen molar-refractivity contribution in [2.45, 2.75) is 0 Å². The van der Waals surface area contributed by atoms with Crippen LogP contribution in [-0.2, 0) is 0 Å². The fraction of sp³-hybridized carbons (Fsp3) is 0. The minimum absolute atomic E-state index is 0.704. The van der Waals surface area contributed by atoms with Gasteiger partial charge in [-0.1, -0.05) is 206 Å². The van der Waals surface area contributed by atoms with Crippen LogP contribution >= 0.6 is 0 Å². The second-order valence-electron chi connectivity index (χ2n) is 16.1. The van der Waals surface area contributed by atoms with Crippen LogP contribution in [0.5, 0.6) is 0 Å². The van der Waals surface area contributed by atoms with Crippen LogP contribution in [0.25, 0.3) is 83.6 Å². The van der Waals surface area contributed by atoms with E-state index in [1.54, 1.807) is 0 Å². The van der Waals surface area contributed by atoms with Gasteiger partial charge in [0.2, 0.25) is 0 Å². The third-order valence-electron chi connectivity index (χ3n) is 12.8. The Morgan fingerprint density at radius 2 is 0.742 bits per heavy atom. The van der Waals surface area contributed by atoms with Gasteiger partial charge < -0.3 is 4.57 Å². The molecule has 11 aromatic rings. The number of fused-ring (bicyclic) bond motifs is 6. The highest BCUT2D eigenvalue weighted by Crippen LogP contribution is 2.35. The topological polar surface area (TPSA) is 30.7 Å². The van der Waals surface area contributed by atoms with Crippen LogP contribution in [0.2, 0.25) is 0 Å². The van der Waals surface area contributed by atoms with Gasteiger partial charge in [-0.2, -0.15) is 0 Å². The molecule has 0 saturated carbocycles. The van der Waals surface area contributed by atoms with E-state index in [1.807, 2.05) is 18.2 Å². The molecule has 3 nitrogen and oxygen atoms in total. The summed E-state index contributed by atoms with van der Waals surface area (Å²) in [6.45, 7) is 0. The zero-order valence-electron chi connectivity index (χ0n) is 33.9. The van der Waals surface area contributed by atoms with Crippen LogP contribution in [0.3, 0.4) is 0 Å². The summed E-state index contributed by atoms with van der Waals surface area (Å²) in [6.07, 6.45) is 0. The van der Waals surface area contributed by atoms with Crippen LogP contribution in [0.4, 0.5) is 0 Å². The molecule has 290 valence electrons. The summed E-state index contributed by atoms with van der Waals surface area (Å²) < 4.78 is 2.35. The van der Waals surface area contributed by atoms with Crippen molar-refractivity contribution in [2.24, 2.45) is 0 Å². The van der Waals surface area contributed by atoms with Gasteiger partial charge in [-0.3, -0.25) is 0 Å². The Hall–Kier alpha value is -7.92. The predicted octanol–water partition coefficient (Wildman–Crippen LogP) is 11.6. The first-order valence-corrected chi connectivity index (χ1v) is 23.2. The molecule has 0 aliphatic carbocycles. The standard InChI is InChI=1S/C58H39N3Si/c1-3-15-44(16-4-1)58-59-52(39-53(60-58)43-31-35-45(36-32-43)61-54-23-11-7-19-48(54)49-20-8-12-24-55(49)61)42-29-27-40(28-30-42)41-33-37-47(38-34-41)62(46-17-5-2-6-18-46)56-25-13-9-21-50(56)51-22-10-14-26-57(51)62/h1-39H. The molecule has 3 heterocycles. The third kappa shape index (κ3) is 5.72. The number of hydrogen-bond acceptors (Lipinski definition) is 2. The van der Waals surface area contributed by atoms with Crippen LogP contribution in [0, 0.1) is 0 Å². The number of rotatable bonds is 7. The molecule has 0 spiro atoms. The highest BCUT2D eigenvalue weighted by molar-refractivity contribution is 7.22. The number of aromatic nitrogens is 3. The zero-order valence-corrected chi connectivity index (χ0v) is 34.9. The largest absolute Gasteiger partial charge is 0.309 e. The second kappa shape index (κ2) is 14.7. The maximum Gasteiger partial charge on any atom is 0.180 e. The van der Waals surface area contributed by atoms with E-state index in [0.717, 1.165) is 33.8 Å². The van der Waals surface area contributed by atoms with E-state index in [2.05, 4.69) is 223 Å². The van der Waals surface area contributed by atoms with Gasteiger partial charge in [-0.25, -0.2) is 9.97 Å². The molecular formula is C58H39N3Si. The highest BCUT2D eigenvalue weighted by Gasteiger charge is 2.48. The summed E-state index contributed by atoms with van der Waals surface area (Å²) in [5.41, 5.74) is 13.4. The molecule has 0 unspecified atom stereocenters. The van der Waals surface area contributed by atoms with Crippen LogP contribution in [0.15, 0.2) is 237 Å². The van der Waals surface area contributed by atoms with E-state index in [4.69, 9.17) is 9.97 Å². The average Bonchev–Trinajstić information content (AvgIpc) is 3.86. The van der Waals surface area contributed by atoms with Crippen LogP contribution in [0.1, 0.15) is 0 Å². The Morgan fingerprint density at radius 3 is 1.31 bits per heavy atom. The monoisotopic (exact) mass is 805 g/mol. The summed E-state index contributed by atoms with van der Waals surface area (Å²) in [7, 11) is -2.52. The lowest BCUT2D eigenvalue weighted by molar-refractivity contribution is 1.17. The van der Waals surface area contributed by atoms with Crippen molar-refractivity contribution in [1.29, 1.82) is 0 Å². The third-order valence-corrected chi connectivity index (χ3v) is 17.6. The quantitative estimate of drug-likeness (QED) is 0.150. The van der Waals surface area contributed by atoms with Crippen molar-refractivity contribution in [2.75, 3.05) is 0 Å². The molecule has 12 rings (SSSR count). The zero-order chi connectivity index (χ0) is 41.0. The highest BCUT2D eigenvalue weighted by atomic mass is 28.3. The smallest absolute Gasteiger partial charge is 0.180 e. The van der Waals surface area contributed by atoms with Gasteiger partial charge in [0.15, 0.2) is 13.9 Å². The number of para-hydroxylation sites is 2. The molecule has 0 bridgehead atoms. The Kier molecular flexibility index (Phi) is 8.51. The Morgan fingerprint density at radius 1 is 0.323 bits per heavy atom. The van der Waals surface area contributed by atoms with Gasteiger partial charge in [0, 0.05) is 33.2 Å². The fourth-order valence-electron chi connectivity index (χ4n) is 9.90. The summed E-state index contributed by atoms with van der Waals surface area (Å²) in [6, 6.07) is 85.9. The molecule has 0 radical (unpaired) electrons. The maximum absolute atomic E-state index is 5.15. The molecule has 1 aliphatic heterocycles. The van der Waals surface area contributed by atoms with Crippen LogP contribution in [-0.4, -0.2) is 22.6 Å². The first-order chi connectivity index (χ1) is 30.7. The minimum Gasteiger partial charge on any atom is -0.309 e. The van der Waals surface area contributed by atoms with Gasteiger partial charge in [0.25, 0.3) is 0 Å². The van der Waals surface area contributed by atoms with Crippen molar-refractivity contribution < 1.29 is 0 Å². The average molecular weight is 806 g/mol. The molecule has 0 saturated heterocycles. The van der Waals surface area contributed by atoms with E-state index >= 15 is 0 Å². The normalized spacial score (nSPS) is 12.6. The fourth-order valence-corrected chi connectivity index (χ4v) is 15.1. The van der Waals surface area contributed by atoms with E-state index in [0.29, 0.717) is 5.82 Å².